The maximum absolute atomic E-state index is 13.2. The molecule has 1 atom stereocenters. The Kier molecular flexibility index (Phi) is 5.33. The van der Waals surface area contributed by atoms with Crippen LogP contribution in [-0.4, -0.2) is 41.6 Å². The highest BCUT2D eigenvalue weighted by atomic mass is 35.5. The molecular formula is C15H19ClF2N4O. The molecule has 2 heterocycles. The molecule has 8 heteroatoms. The van der Waals surface area contributed by atoms with Crippen LogP contribution < -0.4 is 5.32 Å². The predicted octanol–water partition coefficient (Wildman–Crippen LogP) is 2.89. The van der Waals surface area contributed by atoms with Crippen molar-refractivity contribution >= 4 is 12.4 Å². The van der Waals surface area contributed by atoms with E-state index in [9.17, 15) is 8.78 Å². The van der Waals surface area contributed by atoms with E-state index in [4.69, 9.17) is 4.52 Å². The van der Waals surface area contributed by atoms with Crippen molar-refractivity contribution < 1.29 is 13.3 Å². The maximum Gasteiger partial charge on any atom is 0.262 e. The van der Waals surface area contributed by atoms with E-state index in [1.54, 1.807) is 0 Å². The first-order chi connectivity index (χ1) is 10.4. The average molecular weight is 345 g/mol. The largest absolute Gasteiger partial charge is 0.337 e. The van der Waals surface area contributed by atoms with Gasteiger partial charge in [-0.3, -0.25) is 5.32 Å². The van der Waals surface area contributed by atoms with Gasteiger partial charge in [0.15, 0.2) is 0 Å². The number of aromatic nitrogens is 2. The molecule has 0 spiro atoms. The van der Waals surface area contributed by atoms with Crippen LogP contribution in [0.5, 0.6) is 0 Å². The van der Waals surface area contributed by atoms with E-state index in [0.29, 0.717) is 5.82 Å². The summed E-state index contributed by atoms with van der Waals surface area (Å²) >= 11 is 0. The zero-order valence-electron chi connectivity index (χ0n) is 12.9. The second kappa shape index (κ2) is 6.90. The van der Waals surface area contributed by atoms with Gasteiger partial charge in [-0.25, -0.2) is 8.78 Å². The molecule has 1 N–H and O–H groups in total. The van der Waals surface area contributed by atoms with Crippen LogP contribution in [0.4, 0.5) is 8.78 Å². The van der Waals surface area contributed by atoms with E-state index < -0.39 is 12.0 Å². The zero-order valence-corrected chi connectivity index (χ0v) is 13.7. The molecule has 1 aromatic carbocycles. The fourth-order valence-corrected chi connectivity index (χ4v) is 2.51. The van der Waals surface area contributed by atoms with Crippen molar-refractivity contribution in [2.75, 3.05) is 20.6 Å². The standard InChI is InChI=1S/C15H18F2N4O.ClH/c1-21(2)8-10-3-5-11(6-4-10)13-19-14(22-20-13)12-7-15(16,17)9-18-12;/h3-6,12,18H,7-9H2,1-2H3;1H. The van der Waals surface area contributed by atoms with E-state index in [-0.39, 0.29) is 31.3 Å². The Morgan fingerprint density at radius 1 is 1.30 bits per heavy atom. The normalized spacial score (nSPS) is 19.8. The van der Waals surface area contributed by atoms with Crippen molar-refractivity contribution in [3.8, 4) is 11.4 Å². The molecule has 0 aliphatic carbocycles. The molecule has 23 heavy (non-hydrogen) atoms. The molecular weight excluding hydrogens is 326 g/mol. The van der Waals surface area contributed by atoms with Gasteiger partial charge in [-0.2, -0.15) is 4.98 Å². The minimum Gasteiger partial charge on any atom is -0.337 e. The lowest BCUT2D eigenvalue weighted by Crippen LogP contribution is -2.19. The minimum absolute atomic E-state index is 0. The summed E-state index contributed by atoms with van der Waals surface area (Å²) in [5.41, 5.74) is 1.98. The van der Waals surface area contributed by atoms with Crippen molar-refractivity contribution in [2.24, 2.45) is 0 Å². The van der Waals surface area contributed by atoms with Crippen LogP contribution in [0.25, 0.3) is 11.4 Å². The Labute approximate surface area is 139 Å². The first kappa shape index (κ1) is 17.8. The lowest BCUT2D eigenvalue weighted by Gasteiger charge is -2.09. The molecule has 5 nitrogen and oxygen atoms in total. The number of rotatable bonds is 4. The van der Waals surface area contributed by atoms with Gasteiger partial charge >= 0.3 is 0 Å². The van der Waals surface area contributed by atoms with Crippen LogP contribution in [0, 0.1) is 0 Å². The number of benzene rings is 1. The van der Waals surface area contributed by atoms with Crippen LogP contribution in [0.15, 0.2) is 28.8 Å². The fraction of sp³-hybridized carbons (Fsp3) is 0.467. The highest BCUT2D eigenvalue weighted by molar-refractivity contribution is 5.85. The Morgan fingerprint density at radius 2 is 2.00 bits per heavy atom. The summed E-state index contributed by atoms with van der Waals surface area (Å²) in [5.74, 6) is -2.08. The summed E-state index contributed by atoms with van der Waals surface area (Å²) in [5, 5.41) is 6.59. The van der Waals surface area contributed by atoms with Crippen molar-refractivity contribution in [1.29, 1.82) is 0 Å². The number of nitrogens with one attached hydrogen (secondary N) is 1. The molecule has 0 amide bonds. The third-order valence-corrected chi connectivity index (χ3v) is 3.56. The van der Waals surface area contributed by atoms with Crippen LogP contribution in [-0.2, 0) is 6.54 Å². The first-order valence-corrected chi connectivity index (χ1v) is 7.12. The van der Waals surface area contributed by atoms with Crippen molar-refractivity contribution in [2.45, 2.75) is 24.9 Å². The molecule has 1 aliphatic heterocycles. The molecule has 0 radical (unpaired) electrons. The Hall–Kier alpha value is -1.57. The molecule has 0 bridgehead atoms. The van der Waals surface area contributed by atoms with Crippen LogP contribution in [0.1, 0.15) is 23.9 Å². The van der Waals surface area contributed by atoms with Gasteiger partial charge in [0.25, 0.3) is 5.92 Å². The van der Waals surface area contributed by atoms with Crippen molar-refractivity contribution in [1.82, 2.24) is 20.4 Å². The van der Waals surface area contributed by atoms with Gasteiger partial charge < -0.3 is 9.42 Å². The number of alkyl halides is 2. The second-order valence-electron chi connectivity index (χ2n) is 5.88. The highest BCUT2D eigenvalue weighted by Gasteiger charge is 2.42. The van der Waals surface area contributed by atoms with Gasteiger partial charge in [0, 0.05) is 18.5 Å². The van der Waals surface area contributed by atoms with Crippen LogP contribution >= 0.6 is 12.4 Å². The average Bonchev–Trinajstić information content (AvgIpc) is 3.05. The quantitative estimate of drug-likeness (QED) is 0.924. The molecule has 1 saturated heterocycles. The molecule has 1 aliphatic rings. The number of hydrogen-bond donors (Lipinski definition) is 1. The number of halogens is 3. The van der Waals surface area contributed by atoms with Crippen LogP contribution in [0.3, 0.4) is 0 Å². The Bertz CT molecular complexity index is 645. The molecule has 2 aromatic rings. The third kappa shape index (κ3) is 4.25. The van der Waals surface area contributed by atoms with E-state index in [2.05, 4.69) is 20.4 Å². The summed E-state index contributed by atoms with van der Waals surface area (Å²) in [4.78, 5) is 6.31. The second-order valence-corrected chi connectivity index (χ2v) is 5.88. The molecule has 126 valence electrons. The smallest absolute Gasteiger partial charge is 0.262 e. The van der Waals surface area contributed by atoms with Gasteiger partial charge in [0.05, 0.1) is 12.6 Å². The van der Waals surface area contributed by atoms with Crippen LogP contribution in [0.2, 0.25) is 0 Å². The lowest BCUT2D eigenvalue weighted by atomic mass is 10.1. The lowest BCUT2D eigenvalue weighted by molar-refractivity contribution is 0.0200. The minimum atomic E-state index is -2.72. The highest BCUT2D eigenvalue weighted by Crippen LogP contribution is 2.33. The number of nitrogens with zero attached hydrogens (tertiary/aromatic N) is 3. The summed E-state index contributed by atoms with van der Waals surface area (Å²) in [6.45, 7) is 0.494. The van der Waals surface area contributed by atoms with E-state index in [1.165, 1.54) is 5.56 Å². The molecule has 1 unspecified atom stereocenters. The Balaban J connectivity index is 0.00000192. The summed E-state index contributed by atoms with van der Waals surface area (Å²) in [6, 6.07) is 7.22. The molecule has 3 rings (SSSR count). The van der Waals surface area contributed by atoms with E-state index in [1.807, 2.05) is 38.4 Å². The topological polar surface area (TPSA) is 54.2 Å². The third-order valence-electron chi connectivity index (χ3n) is 3.56. The van der Waals surface area contributed by atoms with Gasteiger partial charge in [-0.05, 0) is 19.7 Å². The van der Waals surface area contributed by atoms with Gasteiger partial charge in [0.2, 0.25) is 11.7 Å². The summed E-state index contributed by atoms with van der Waals surface area (Å²) in [6.07, 6.45) is -0.309. The monoisotopic (exact) mass is 344 g/mol. The van der Waals surface area contributed by atoms with Crippen molar-refractivity contribution in [3.63, 3.8) is 0 Å². The van der Waals surface area contributed by atoms with E-state index >= 15 is 0 Å². The summed E-state index contributed by atoms with van der Waals surface area (Å²) < 4.78 is 31.5. The SMILES string of the molecule is CN(C)Cc1ccc(-c2noc(C3CC(F)(F)CN3)n2)cc1.Cl. The Morgan fingerprint density at radius 3 is 2.57 bits per heavy atom. The molecule has 0 saturated carbocycles. The zero-order chi connectivity index (χ0) is 15.7. The molecule has 1 fully saturated rings. The predicted molar refractivity (Wildman–Crippen MR) is 84.7 cm³/mol. The van der Waals surface area contributed by atoms with Gasteiger partial charge in [0.1, 0.15) is 0 Å². The van der Waals surface area contributed by atoms with Gasteiger partial charge in [-0.15, -0.1) is 12.4 Å². The summed E-state index contributed by atoms with van der Waals surface area (Å²) in [7, 11) is 4.01. The van der Waals surface area contributed by atoms with Gasteiger partial charge in [-0.1, -0.05) is 29.4 Å². The maximum atomic E-state index is 13.2. The van der Waals surface area contributed by atoms with Crippen molar-refractivity contribution in [3.05, 3.63) is 35.7 Å². The fourth-order valence-electron chi connectivity index (χ4n) is 2.51. The van der Waals surface area contributed by atoms with E-state index in [0.717, 1.165) is 12.1 Å². The number of hydrogen-bond acceptors (Lipinski definition) is 5. The molecule has 1 aromatic heterocycles. The first-order valence-electron chi connectivity index (χ1n) is 7.12.